The van der Waals surface area contributed by atoms with Gasteiger partial charge in [0.1, 0.15) is 22.9 Å². The molecule has 15 nitrogen and oxygen atoms in total. The fraction of sp³-hybridized carbons (Fsp3) is 0.600. The zero-order valence-electron chi connectivity index (χ0n) is 31.8. The quantitative estimate of drug-likeness (QED) is 0.192. The Balaban J connectivity index is 0.000000170. The van der Waals surface area contributed by atoms with Gasteiger partial charge in [0, 0.05) is 95.1 Å². The van der Waals surface area contributed by atoms with Crippen molar-refractivity contribution in [1.29, 1.82) is 0 Å². The molecule has 3 aliphatic carbocycles. The molecule has 15 heteroatoms. The molecule has 2 saturated heterocycles. The zero-order valence-corrected chi connectivity index (χ0v) is 31.8. The van der Waals surface area contributed by atoms with Gasteiger partial charge in [-0.25, -0.2) is 9.59 Å². The van der Waals surface area contributed by atoms with E-state index in [9.17, 15) is 29.4 Å². The number of aromatic carboxylic acids is 1. The van der Waals surface area contributed by atoms with Crippen LogP contribution < -0.4 is 5.32 Å². The molecule has 2 atom stereocenters. The van der Waals surface area contributed by atoms with Gasteiger partial charge < -0.3 is 55.0 Å². The van der Waals surface area contributed by atoms with Crippen molar-refractivity contribution < 1.29 is 39.2 Å². The second kappa shape index (κ2) is 20.6. The van der Waals surface area contributed by atoms with Crippen LogP contribution in [-0.2, 0) is 48.1 Å². The molecule has 5 heterocycles. The van der Waals surface area contributed by atoms with Crippen LogP contribution in [0, 0.1) is 0 Å². The minimum absolute atomic E-state index is 0. The van der Waals surface area contributed by atoms with Crippen LogP contribution in [0.5, 0.6) is 0 Å². The molecule has 5 aliphatic rings. The predicted molar refractivity (Wildman–Crippen MR) is 209 cm³/mol. The Morgan fingerprint density at radius 3 is 1.78 bits per heavy atom. The van der Waals surface area contributed by atoms with E-state index in [1.54, 1.807) is 19.1 Å². The van der Waals surface area contributed by atoms with E-state index >= 15 is 0 Å². The summed E-state index contributed by atoms with van der Waals surface area (Å²) in [7, 11) is 4.23. The molecule has 304 valence electrons. The Morgan fingerprint density at radius 1 is 0.727 bits per heavy atom. The van der Waals surface area contributed by atoms with E-state index in [2.05, 4.69) is 44.2 Å². The lowest BCUT2D eigenvalue weighted by Crippen LogP contribution is -2.47. The number of piperazine rings is 2. The highest BCUT2D eigenvalue weighted by atomic mass is 16.5. The topological polar surface area (TPSA) is 207 Å². The second-order valence-electron chi connectivity index (χ2n) is 14.7. The number of ketones is 1. The van der Waals surface area contributed by atoms with Gasteiger partial charge in [-0.2, -0.15) is 0 Å². The monoisotopic (exact) mass is 767 g/mol. The summed E-state index contributed by atoms with van der Waals surface area (Å²) >= 11 is 0. The van der Waals surface area contributed by atoms with Crippen LogP contribution in [0.1, 0.15) is 98.9 Å². The van der Waals surface area contributed by atoms with Gasteiger partial charge >= 0.3 is 11.9 Å². The number of hydrogen-bond donors (Lipinski definition) is 7. The van der Waals surface area contributed by atoms with Crippen molar-refractivity contribution in [2.75, 3.05) is 73.1 Å². The maximum atomic E-state index is 12.4. The summed E-state index contributed by atoms with van der Waals surface area (Å²) < 4.78 is 4.88. The van der Waals surface area contributed by atoms with Gasteiger partial charge in [0.15, 0.2) is 0 Å². The molecule has 2 aliphatic heterocycles. The van der Waals surface area contributed by atoms with Crippen LogP contribution in [0.3, 0.4) is 0 Å². The number of H-pyrrole nitrogens is 3. The number of aromatic amines is 3. The van der Waals surface area contributed by atoms with Crippen molar-refractivity contribution in [3.63, 3.8) is 0 Å². The molecule has 2 fully saturated rings. The first-order valence-electron chi connectivity index (χ1n) is 19.2. The molecule has 0 radical (unpaired) electrons. The number of aliphatic hydroxyl groups excluding tert-OH is 2. The van der Waals surface area contributed by atoms with E-state index in [1.165, 1.54) is 18.7 Å². The van der Waals surface area contributed by atoms with E-state index < -0.39 is 5.97 Å². The number of carbonyl (C=O) groups excluding carboxylic acids is 3. The van der Waals surface area contributed by atoms with Gasteiger partial charge in [-0.1, -0.05) is 7.43 Å². The average Bonchev–Trinajstić information content (AvgIpc) is 3.89. The first kappa shape index (κ1) is 43.4. The SMILES string of the molecule is C.CCOC(=O)c1cc2c([nH]1)CC(=O)CC2.CN1CCN(C(=O)c2cc3c([nH]2)CC(O)CC3)CC1.CN1CCNCC1.O=C(O)c1cc2c([nH]1)CC(O)CC2. The van der Waals surface area contributed by atoms with Crippen LogP contribution in [0.4, 0.5) is 0 Å². The van der Waals surface area contributed by atoms with Crippen LogP contribution in [0.15, 0.2) is 18.2 Å². The Kier molecular flexibility index (Phi) is 16.3. The Bertz CT molecular complexity index is 1730. The van der Waals surface area contributed by atoms with Gasteiger partial charge in [-0.15, -0.1) is 0 Å². The number of nitrogens with one attached hydrogen (secondary N) is 4. The predicted octanol–water partition coefficient (Wildman–Crippen LogP) is 2.22. The van der Waals surface area contributed by atoms with Crippen LogP contribution in [0.2, 0.25) is 0 Å². The van der Waals surface area contributed by atoms with Gasteiger partial charge in [0.2, 0.25) is 0 Å². The molecule has 0 bridgehead atoms. The molecule has 55 heavy (non-hydrogen) atoms. The van der Waals surface area contributed by atoms with Crippen LogP contribution >= 0.6 is 0 Å². The number of hydrogen-bond acceptors (Lipinski definition) is 10. The number of aliphatic hydroxyl groups is 2. The first-order valence-corrected chi connectivity index (χ1v) is 19.2. The molecule has 3 aromatic rings. The van der Waals surface area contributed by atoms with Gasteiger partial charge in [0.05, 0.1) is 18.8 Å². The molecule has 8 rings (SSSR count). The first-order chi connectivity index (χ1) is 25.9. The number of esters is 1. The summed E-state index contributed by atoms with van der Waals surface area (Å²) in [6.45, 7) is 10.3. The molecule has 0 spiro atoms. The second-order valence-corrected chi connectivity index (χ2v) is 14.7. The molecule has 7 N–H and O–H groups in total. The number of Topliss-reactive ketones (excluding diaryl/α,β-unsaturated/α-hetero) is 1. The van der Waals surface area contributed by atoms with Crippen LogP contribution in [0.25, 0.3) is 0 Å². The van der Waals surface area contributed by atoms with E-state index in [0.717, 1.165) is 99.6 Å². The number of aromatic nitrogens is 3. The maximum Gasteiger partial charge on any atom is 0.354 e. The summed E-state index contributed by atoms with van der Waals surface area (Å²) in [4.78, 5) is 61.1. The van der Waals surface area contributed by atoms with Gasteiger partial charge in [0.25, 0.3) is 5.91 Å². The molecule has 1 amide bonds. The number of carboxylic acids is 1. The third-order valence-corrected chi connectivity index (χ3v) is 10.5. The molecular formula is C40H61N7O8. The normalized spacial score (nSPS) is 20.7. The van der Waals surface area contributed by atoms with E-state index in [4.69, 9.17) is 9.84 Å². The number of amides is 1. The maximum absolute atomic E-state index is 12.4. The number of ether oxygens (including phenoxy) is 1. The fourth-order valence-electron chi connectivity index (χ4n) is 7.20. The smallest absolute Gasteiger partial charge is 0.354 e. The minimum atomic E-state index is -0.941. The molecule has 3 aromatic heterocycles. The summed E-state index contributed by atoms with van der Waals surface area (Å²) in [6.07, 6.45) is 5.46. The van der Waals surface area contributed by atoms with E-state index in [1.807, 2.05) is 11.0 Å². The number of carboxylic acid groups (broad SMARTS) is 1. The molecule has 0 saturated carbocycles. The third-order valence-electron chi connectivity index (χ3n) is 10.5. The minimum Gasteiger partial charge on any atom is -0.477 e. The standard InChI is InChI=1S/C14H21N3O2.C11H13NO3.C9H11NO3.C5H12N2.CH4/c1-16-4-6-17(7-5-16)14(19)13-8-10-2-3-11(18)9-12(10)15-13;1-2-15-11(14)10-5-7-3-4-8(13)6-9(7)12-10;11-6-2-1-5-3-8(9(12)13)10-7(5)4-6;1-7-4-2-6-3-5-7;/h8,11,15,18H,2-7,9H2,1H3;5,12H,2-4,6H2,1H3;3,6,10-11H,1-2,4H2,(H,12,13);6H,2-5H2,1H3;1H4. The Labute approximate surface area is 323 Å². The average molecular weight is 768 g/mol. The van der Waals surface area contributed by atoms with E-state index in [0.29, 0.717) is 43.7 Å². The lowest BCUT2D eigenvalue weighted by molar-refractivity contribution is -0.118. The highest BCUT2D eigenvalue weighted by Gasteiger charge is 2.26. The molecular weight excluding hydrogens is 706 g/mol. The van der Waals surface area contributed by atoms with Gasteiger partial charge in [-0.05, 0) is 88.0 Å². The van der Waals surface area contributed by atoms with Crippen LogP contribution in [-0.4, -0.2) is 154 Å². The van der Waals surface area contributed by atoms with Crippen molar-refractivity contribution in [3.8, 4) is 0 Å². The van der Waals surface area contributed by atoms with Gasteiger partial charge in [-0.3, -0.25) is 9.59 Å². The lowest BCUT2D eigenvalue weighted by atomic mass is 9.96. The van der Waals surface area contributed by atoms with E-state index in [-0.39, 0.29) is 43.0 Å². The fourth-order valence-corrected chi connectivity index (χ4v) is 7.20. The summed E-state index contributed by atoms with van der Waals surface area (Å²) in [5.74, 6) is -0.972. The van der Waals surface area contributed by atoms with Crippen molar-refractivity contribution in [3.05, 3.63) is 69.1 Å². The molecule has 2 unspecified atom stereocenters. The van der Waals surface area contributed by atoms with Crippen molar-refractivity contribution >= 4 is 23.6 Å². The summed E-state index contributed by atoms with van der Waals surface area (Å²) in [5.41, 5.74) is 7.43. The largest absolute Gasteiger partial charge is 0.477 e. The number of rotatable bonds is 4. The number of carbonyl (C=O) groups is 4. The van der Waals surface area contributed by atoms with Crippen molar-refractivity contribution in [1.82, 2.24) is 35.0 Å². The number of aryl methyl sites for hydroxylation is 3. The summed E-state index contributed by atoms with van der Waals surface area (Å²) in [5, 5.41) is 31.0. The number of likely N-dealkylation sites (N-methyl/N-ethyl adjacent to an activating group) is 2. The lowest BCUT2D eigenvalue weighted by Gasteiger charge is -2.32. The number of fused-ring (bicyclic) bond motifs is 3. The zero-order chi connectivity index (χ0) is 38.8. The van der Waals surface area contributed by atoms with Crippen molar-refractivity contribution in [2.45, 2.75) is 84.3 Å². The molecule has 0 aromatic carbocycles. The summed E-state index contributed by atoms with van der Waals surface area (Å²) in [6, 6.07) is 5.42. The highest BCUT2D eigenvalue weighted by Crippen LogP contribution is 2.24. The Hall–Kier alpha value is -4.28. The Morgan fingerprint density at radius 2 is 1.24 bits per heavy atom. The highest BCUT2D eigenvalue weighted by molar-refractivity contribution is 5.93. The number of nitrogens with zero attached hydrogens (tertiary/aromatic N) is 3. The third kappa shape index (κ3) is 12.4. The van der Waals surface area contributed by atoms with Crippen molar-refractivity contribution in [2.24, 2.45) is 0 Å².